The van der Waals surface area contributed by atoms with Gasteiger partial charge < -0.3 is 5.32 Å². The first kappa shape index (κ1) is 19.5. The van der Waals surface area contributed by atoms with E-state index in [9.17, 15) is 4.79 Å². The zero-order valence-corrected chi connectivity index (χ0v) is 18.1. The zero-order chi connectivity index (χ0) is 21.5. The number of pyridine rings is 1. The van der Waals surface area contributed by atoms with E-state index in [2.05, 4.69) is 23.5 Å². The maximum absolute atomic E-state index is 12.9. The molecule has 1 fully saturated rings. The summed E-state index contributed by atoms with van der Waals surface area (Å²) in [5.41, 5.74) is 6.68. The van der Waals surface area contributed by atoms with Gasteiger partial charge in [-0.25, -0.2) is 4.98 Å². The maximum Gasteiger partial charge on any atom is 0.252 e. The number of rotatable bonds is 5. The van der Waals surface area contributed by atoms with Crippen molar-refractivity contribution in [1.29, 1.82) is 0 Å². The van der Waals surface area contributed by atoms with E-state index in [0.29, 0.717) is 11.5 Å². The van der Waals surface area contributed by atoms with Crippen LogP contribution in [0.5, 0.6) is 0 Å². The van der Waals surface area contributed by atoms with Gasteiger partial charge in [0.25, 0.3) is 5.91 Å². The van der Waals surface area contributed by atoms with Crippen molar-refractivity contribution in [3.05, 3.63) is 83.0 Å². The molecular formula is C26H26N4O. The number of nitrogens with one attached hydrogen (secondary N) is 1. The second-order valence-electron chi connectivity index (χ2n) is 8.48. The SMILES string of the molecule is Cc1ccccc1C(=O)NC(C)c1cc(-c2cc(C3CC3)nn2C)nc2ccccc12. The van der Waals surface area contributed by atoms with Gasteiger partial charge in [0, 0.05) is 23.9 Å². The highest BCUT2D eigenvalue weighted by molar-refractivity contribution is 5.96. The number of fused-ring (bicyclic) bond motifs is 1. The van der Waals surface area contributed by atoms with Gasteiger partial charge >= 0.3 is 0 Å². The van der Waals surface area contributed by atoms with E-state index in [1.807, 2.05) is 68.0 Å². The molecule has 1 saturated carbocycles. The fraction of sp³-hybridized carbons (Fsp3) is 0.269. The van der Waals surface area contributed by atoms with Crippen molar-refractivity contribution in [2.24, 2.45) is 7.05 Å². The number of para-hydroxylation sites is 1. The minimum atomic E-state index is -0.171. The topological polar surface area (TPSA) is 59.8 Å². The van der Waals surface area contributed by atoms with Gasteiger partial charge in [-0.2, -0.15) is 5.10 Å². The molecule has 0 saturated heterocycles. The third-order valence-electron chi connectivity index (χ3n) is 6.11. The fourth-order valence-electron chi connectivity index (χ4n) is 4.18. The molecule has 0 bridgehead atoms. The largest absolute Gasteiger partial charge is 0.345 e. The van der Waals surface area contributed by atoms with Crippen LogP contribution in [0.15, 0.2) is 60.7 Å². The number of aryl methyl sites for hydroxylation is 2. The summed E-state index contributed by atoms with van der Waals surface area (Å²) in [5.74, 6) is 0.525. The fourth-order valence-corrected chi connectivity index (χ4v) is 4.18. The summed E-state index contributed by atoms with van der Waals surface area (Å²) in [4.78, 5) is 17.9. The van der Waals surface area contributed by atoms with E-state index in [-0.39, 0.29) is 11.9 Å². The average Bonchev–Trinajstić information content (AvgIpc) is 3.55. The van der Waals surface area contributed by atoms with Crippen molar-refractivity contribution in [3.8, 4) is 11.4 Å². The first-order valence-electron chi connectivity index (χ1n) is 10.8. The summed E-state index contributed by atoms with van der Waals surface area (Å²) >= 11 is 0. The molecule has 5 rings (SSSR count). The highest BCUT2D eigenvalue weighted by Gasteiger charge is 2.27. The van der Waals surface area contributed by atoms with Gasteiger partial charge in [0.15, 0.2) is 0 Å². The summed E-state index contributed by atoms with van der Waals surface area (Å²) in [7, 11) is 1.97. The lowest BCUT2D eigenvalue weighted by molar-refractivity contribution is 0.0939. The molecule has 2 heterocycles. The summed E-state index contributed by atoms with van der Waals surface area (Å²) in [6.45, 7) is 3.99. The van der Waals surface area contributed by atoms with E-state index in [1.165, 1.54) is 12.8 Å². The van der Waals surface area contributed by atoms with Crippen molar-refractivity contribution in [3.63, 3.8) is 0 Å². The quantitative estimate of drug-likeness (QED) is 0.485. The molecule has 1 aliphatic carbocycles. The first-order valence-corrected chi connectivity index (χ1v) is 10.8. The van der Waals surface area contributed by atoms with Crippen molar-refractivity contribution in [1.82, 2.24) is 20.1 Å². The summed E-state index contributed by atoms with van der Waals surface area (Å²) in [6, 6.07) is 19.9. The number of amides is 1. The molecule has 1 amide bonds. The lowest BCUT2D eigenvalue weighted by Gasteiger charge is -2.18. The Kier molecular flexibility index (Phi) is 4.81. The first-order chi connectivity index (χ1) is 15.0. The van der Waals surface area contributed by atoms with Gasteiger partial charge in [-0.05, 0) is 62.1 Å². The highest BCUT2D eigenvalue weighted by Crippen LogP contribution is 2.40. The number of nitrogens with zero attached hydrogens (tertiary/aromatic N) is 3. The number of aromatic nitrogens is 3. The van der Waals surface area contributed by atoms with Crippen LogP contribution in [0, 0.1) is 6.92 Å². The minimum absolute atomic E-state index is 0.0652. The van der Waals surface area contributed by atoms with Gasteiger partial charge in [0.1, 0.15) is 0 Å². The average molecular weight is 411 g/mol. The van der Waals surface area contributed by atoms with Gasteiger partial charge in [-0.3, -0.25) is 9.48 Å². The number of hydrogen-bond donors (Lipinski definition) is 1. The third kappa shape index (κ3) is 3.72. The Morgan fingerprint density at radius 2 is 1.84 bits per heavy atom. The Hall–Kier alpha value is -3.47. The number of hydrogen-bond acceptors (Lipinski definition) is 3. The molecule has 2 aromatic carbocycles. The molecule has 156 valence electrons. The van der Waals surface area contributed by atoms with Crippen molar-refractivity contribution in [2.45, 2.75) is 38.6 Å². The summed E-state index contributed by atoms with van der Waals surface area (Å²) in [6.07, 6.45) is 2.43. The van der Waals surface area contributed by atoms with E-state index in [1.54, 1.807) is 0 Å². The molecule has 1 atom stereocenters. The van der Waals surface area contributed by atoms with Gasteiger partial charge in [0.05, 0.1) is 28.6 Å². The summed E-state index contributed by atoms with van der Waals surface area (Å²) in [5, 5.41) is 8.94. The molecule has 0 radical (unpaired) electrons. The third-order valence-corrected chi connectivity index (χ3v) is 6.11. The van der Waals surface area contributed by atoms with E-state index < -0.39 is 0 Å². The van der Waals surface area contributed by atoms with Crippen LogP contribution in [0.2, 0.25) is 0 Å². The van der Waals surface area contributed by atoms with Gasteiger partial charge in [0.2, 0.25) is 0 Å². The predicted molar refractivity (Wildman–Crippen MR) is 123 cm³/mol. The molecule has 1 unspecified atom stereocenters. The molecule has 31 heavy (non-hydrogen) atoms. The monoisotopic (exact) mass is 410 g/mol. The second kappa shape index (κ2) is 7.65. The number of carbonyl (C=O) groups is 1. The Labute approximate surface area is 182 Å². The van der Waals surface area contributed by atoms with Crippen LogP contribution >= 0.6 is 0 Å². The minimum Gasteiger partial charge on any atom is -0.345 e. The summed E-state index contributed by atoms with van der Waals surface area (Å²) < 4.78 is 1.92. The Morgan fingerprint density at radius 1 is 1.10 bits per heavy atom. The Balaban J connectivity index is 1.54. The van der Waals surface area contributed by atoms with E-state index in [4.69, 9.17) is 10.1 Å². The maximum atomic E-state index is 12.9. The molecule has 0 aliphatic heterocycles. The van der Waals surface area contributed by atoms with E-state index in [0.717, 1.165) is 39.1 Å². The van der Waals surface area contributed by atoms with Gasteiger partial charge in [-0.1, -0.05) is 36.4 Å². The second-order valence-corrected chi connectivity index (χ2v) is 8.48. The Bertz CT molecular complexity index is 1290. The molecule has 1 aliphatic rings. The lowest BCUT2D eigenvalue weighted by Crippen LogP contribution is -2.27. The van der Waals surface area contributed by atoms with Crippen molar-refractivity contribution in [2.75, 3.05) is 0 Å². The smallest absolute Gasteiger partial charge is 0.252 e. The number of carbonyl (C=O) groups excluding carboxylic acids is 1. The van der Waals surface area contributed by atoms with Crippen molar-refractivity contribution >= 4 is 16.8 Å². The zero-order valence-electron chi connectivity index (χ0n) is 18.1. The van der Waals surface area contributed by atoms with Crippen LogP contribution in [0.3, 0.4) is 0 Å². The van der Waals surface area contributed by atoms with Crippen molar-refractivity contribution < 1.29 is 4.79 Å². The predicted octanol–water partition coefficient (Wildman–Crippen LogP) is 5.31. The molecule has 5 heteroatoms. The van der Waals surface area contributed by atoms with Crippen LogP contribution in [0.1, 0.15) is 58.9 Å². The van der Waals surface area contributed by atoms with Gasteiger partial charge in [-0.15, -0.1) is 0 Å². The molecule has 2 aromatic heterocycles. The van der Waals surface area contributed by atoms with E-state index >= 15 is 0 Å². The van der Waals surface area contributed by atoms with Crippen LogP contribution < -0.4 is 5.32 Å². The molecule has 1 N–H and O–H groups in total. The molecule has 0 spiro atoms. The molecule has 4 aromatic rings. The highest BCUT2D eigenvalue weighted by atomic mass is 16.1. The number of benzene rings is 2. The van der Waals surface area contributed by atoms with Crippen LogP contribution in [-0.2, 0) is 7.05 Å². The van der Waals surface area contributed by atoms with Crippen LogP contribution in [0.4, 0.5) is 0 Å². The standard InChI is InChI=1S/C26H26N4O/c1-16-8-4-5-9-19(16)26(31)27-17(2)21-14-24(28-22-11-7-6-10-20(21)22)25-15-23(18-12-13-18)29-30(25)3/h4-11,14-15,17-18H,12-13H2,1-3H3,(H,27,31). The normalized spacial score (nSPS) is 14.5. The molecule has 5 nitrogen and oxygen atoms in total. The van der Waals surface area contributed by atoms with Crippen LogP contribution in [0.25, 0.3) is 22.3 Å². The Morgan fingerprint density at radius 3 is 2.61 bits per heavy atom. The van der Waals surface area contributed by atoms with Crippen LogP contribution in [-0.4, -0.2) is 20.7 Å². The molecular weight excluding hydrogens is 384 g/mol. The lowest BCUT2D eigenvalue weighted by atomic mass is 10.00.